The smallest absolute Gasteiger partial charge is 0.117 e. The molecule has 0 saturated heterocycles. The van der Waals surface area contributed by atoms with Crippen LogP contribution in [0.4, 0.5) is 0 Å². The first-order valence-electron chi connectivity index (χ1n) is 5.40. The highest BCUT2D eigenvalue weighted by atomic mass is 15.0. The van der Waals surface area contributed by atoms with Gasteiger partial charge in [0.1, 0.15) is 5.84 Å². The van der Waals surface area contributed by atoms with Crippen molar-refractivity contribution in [2.24, 2.45) is 0 Å². The van der Waals surface area contributed by atoms with Gasteiger partial charge in [-0.15, -0.1) is 0 Å². The highest BCUT2D eigenvalue weighted by Gasteiger charge is 2.11. The van der Waals surface area contributed by atoms with E-state index in [0.29, 0.717) is 11.9 Å². The lowest BCUT2D eigenvalue weighted by Gasteiger charge is -2.16. The SMILES string of the molecule is N=C1C=CCCC(Cc2ccccc2)N1. The Morgan fingerprint density at radius 3 is 2.87 bits per heavy atom. The molecule has 1 aromatic rings. The van der Waals surface area contributed by atoms with Crippen LogP contribution >= 0.6 is 0 Å². The van der Waals surface area contributed by atoms with Crippen LogP contribution < -0.4 is 5.32 Å². The fraction of sp³-hybridized carbons (Fsp3) is 0.308. The van der Waals surface area contributed by atoms with Crippen LogP contribution in [0.2, 0.25) is 0 Å². The third kappa shape index (κ3) is 2.94. The summed E-state index contributed by atoms with van der Waals surface area (Å²) < 4.78 is 0. The zero-order valence-corrected chi connectivity index (χ0v) is 8.74. The molecule has 0 aliphatic carbocycles. The molecule has 1 heterocycles. The highest BCUT2D eigenvalue weighted by Crippen LogP contribution is 2.10. The van der Waals surface area contributed by atoms with E-state index >= 15 is 0 Å². The number of amidine groups is 1. The van der Waals surface area contributed by atoms with Gasteiger partial charge in [0, 0.05) is 6.04 Å². The molecular formula is C13H16N2. The summed E-state index contributed by atoms with van der Waals surface area (Å²) in [5, 5.41) is 10.9. The molecule has 0 bridgehead atoms. The predicted octanol–water partition coefficient (Wildman–Crippen LogP) is 2.51. The summed E-state index contributed by atoms with van der Waals surface area (Å²) in [7, 11) is 0. The lowest BCUT2D eigenvalue weighted by molar-refractivity contribution is 0.567. The van der Waals surface area contributed by atoms with Gasteiger partial charge in [-0.3, -0.25) is 5.41 Å². The number of benzene rings is 1. The van der Waals surface area contributed by atoms with Gasteiger partial charge in [-0.2, -0.15) is 0 Å². The zero-order valence-electron chi connectivity index (χ0n) is 8.74. The average molecular weight is 200 g/mol. The Kier molecular flexibility index (Phi) is 3.18. The van der Waals surface area contributed by atoms with Crippen molar-refractivity contribution in [3.63, 3.8) is 0 Å². The normalized spacial score (nSPS) is 20.8. The molecule has 2 N–H and O–H groups in total. The molecule has 0 spiro atoms. The molecule has 0 saturated carbocycles. The lowest BCUT2D eigenvalue weighted by atomic mass is 10.0. The second kappa shape index (κ2) is 4.78. The second-order valence-corrected chi connectivity index (χ2v) is 3.92. The minimum Gasteiger partial charge on any atom is -0.367 e. The molecule has 0 amide bonds. The van der Waals surface area contributed by atoms with Crippen molar-refractivity contribution in [1.82, 2.24) is 5.32 Å². The van der Waals surface area contributed by atoms with Gasteiger partial charge >= 0.3 is 0 Å². The van der Waals surface area contributed by atoms with Crippen molar-refractivity contribution in [3.05, 3.63) is 48.0 Å². The van der Waals surface area contributed by atoms with Crippen LogP contribution in [0.1, 0.15) is 18.4 Å². The van der Waals surface area contributed by atoms with Crippen LogP contribution in [-0.2, 0) is 6.42 Å². The van der Waals surface area contributed by atoms with E-state index in [1.807, 2.05) is 12.1 Å². The van der Waals surface area contributed by atoms with Crippen molar-refractivity contribution in [3.8, 4) is 0 Å². The summed E-state index contributed by atoms with van der Waals surface area (Å²) in [6.45, 7) is 0. The Labute approximate surface area is 90.5 Å². The van der Waals surface area contributed by atoms with E-state index < -0.39 is 0 Å². The van der Waals surface area contributed by atoms with Crippen molar-refractivity contribution >= 4 is 5.84 Å². The molecule has 0 radical (unpaired) electrons. The van der Waals surface area contributed by atoms with E-state index in [4.69, 9.17) is 5.41 Å². The van der Waals surface area contributed by atoms with E-state index in [1.165, 1.54) is 5.56 Å². The van der Waals surface area contributed by atoms with Crippen LogP contribution in [-0.4, -0.2) is 11.9 Å². The Morgan fingerprint density at radius 2 is 2.07 bits per heavy atom. The fourth-order valence-electron chi connectivity index (χ4n) is 1.89. The Morgan fingerprint density at radius 1 is 1.27 bits per heavy atom. The molecule has 1 aliphatic heterocycles. The summed E-state index contributed by atoms with van der Waals surface area (Å²) >= 11 is 0. The molecule has 2 heteroatoms. The van der Waals surface area contributed by atoms with E-state index in [9.17, 15) is 0 Å². The first-order chi connectivity index (χ1) is 7.34. The third-order valence-corrected chi connectivity index (χ3v) is 2.65. The van der Waals surface area contributed by atoms with E-state index in [2.05, 4.69) is 35.7 Å². The summed E-state index contributed by atoms with van der Waals surface area (Å²) in [4.78, 5) is 0. The average Bonchev–Trinajstić information content (AvgIpc) is 2.44. The number of hydrogen-bond acceptors (Lipinski definition) is 1. The minimum absolute atomic E-state index is 0.398. The number of rotatable bonds is 2. The van der Waals surface area contributed by atoms with Gasteiger partial charge in [-0.25, -0.2) is 0 Å². The van der Waals surface area contributed by atoms with Crippen molar-refractivity contribution in [1.29, 1.82) is 5.41 Å². The van der Waals surface area contributed by atoms with Crippen LogP contribution in [0.3, 0.4) is 0 Å². The molecule has 15 heavy (non-hydrogen) atoms. The van der Waals surface area contributed by atoms with E-state index in [-0.39, 0.29) is 0 Å². The van der Waals surface area contributed by atoms with Gasteiger partial charge in [-0.1, -0.05) is 36.4 Å². The zero-order chi connectivity index (χ0) is 10.5. The topological polar surface area (TPSA) is 35.9 Å². The maximum Gasteiger partial charge on any atom is 0.117 e. The molecule has 1 aromatic carbocycles. The minimum atomic E-state index is 0.398. The molecule has 0 fully saturated rings. The summed E-state index contributed by atoms with van der Waals surface area (Å²) in [5.74, 6) is 0.536. The largest absolute Gasteiger partial charge is 0.367 e. The Hall–Kier alpha value is -1.57. The maximum atomic E-state index is 7.63. The van der Waals surface area contributed by atoms with Crippen LogP contribution in [0.5, 0.6) is 0 Å². The van der Waals surface area contributed by atoms with E-state index in [0.717, 1.165) is 19.3 Å². The maximum absolute atomic E-state index is 7.63. The molecule has 78 valence electrons. The number of nitrogens with one attached hydrogen (secondary N) is 2. The van der Waals surface area contributed by atoms with Gasteiger partial charge in [0.25, 0.3) is 0 Å². The van der Waals surface area contributed by atoms with Crippen molar-refractivity contribution < 1.29 is 0 Å². The summed E-state index contributed by atoms with van der Waals surface area (Å²) in [6, 6.07) is 10.8. The molecule has 0 aromatic heterocycles. The lowest BCUT2D eigenvalue weighted by Crippen LogP contribution is -2.33. The van der Waals surface area contributed by atoms with E-state index in [1.54, 1.807) is 0 Å². The molecule has 1 unspecified atom stereocenters. The summed E-state index contributed by atoms with van der Waals surface area (Å²) in [5.41, 5.74) is 1.34. The molecule has 1 atom stereocenters. The highest BCUT2D eigenvalue weighted by molar-refractivity contribution is 5.90. The van der Waals surface area contributed by atoms with Crippen LogP contribution in [0.15, 0.2) is 42.5 Å². The first kappa shape index (κ1) is 9.97. The fourth-order valence-corrected chi connectivity index (χ4v) is 1.89. The quantitative estimate of drug-likeness (QED) is 0.756. The Bertz CT molecular complexity index is 354. The van der Waals surface area contributed by atoms with Crippen LogP contribution in [0.25, 0.3) is 0 Å². The standard InChI is InChI=1S/C13H16N2/c14-13-9-5-4-8-12(15-13)10-11-6-2-1-3-7-11/h1-3,5-7,9,12H,4,8,10H2,(H2,14,15). The summed E-state index contributed by atoms with van der Waals surface area (Å²) in [6.07, 6.45) is 7.09. The number of allylic oxidation sites excluding steroid dienone is 1. The van der Waals surface area contributed by atoms with Gasteiger partial charge in [-0.05, 0) is 30.9 Å². The Balaban J connectivity index is 1.98. The molecule has 2 rings (SSSR count). The molecule has 2 nitrogen and oxygen atoms in total. The van der Waals surface area contributed by atoms with Gasteiger partial charge in [0.15, 0.2) is 0 Å². The van der Waals surface area contributed by atoms with Gasteiger partial charge in [0.05, 0.1) is 0 Å². The number of hydrogen-bond donors (Lipinski definition) is 2. The van der Waals surface area contributed by atoms with Crippen LogP contribution in [0, 0.1) is 5.41 Å². The first-order valence-corrected chi connectivity index (χ1v) is 5.40. The van der Waals surface area contributed by atoms with Gasteiger partial charge < -0.3 is 5.32 Å². The van der Waals surface area contributed by atoms with Crippen molar-refractivity contribution in [2.45, 2.75) is 25.3 Å². The monoisotopic (exact) mass is 200 g/mol. The molecule has 1 aliphatic rings. The second-order valence-electron chi connectivity index (χ2n) is 3.92. The molecular weight excluding hydrogens is 184 g/mol. The van der Waals surface area contributed by atoms with Gasteiger partial charge in [0.2, 0.25) is 0 Å². The third-order valence-electron chi connectivity index (χ3n) is 2.65. The van der Waals surface area contributed by atoms with Crippen molar-refractivity contribution in [2.75, 3.05) is 0 Å². The predicted molar refractivity (Wildman–Crippen MR) is 63.2 cm³/mol.